The van der Waals surface area contributed by atoms with Crippen molar-refractivity contribution in [1.82, 2.24) is 15.0 Å². The van der Waals surface area contributed by atoms with Crippen molar-refractivity contribution >= 4 is 28.3 Å². The molecule has 4 aromatic rings. The van der Waals surface area contributed by atoms with Crippen LogP contribution in [0.4, 0.5) is 11.5 Å². The zero-order valence-electron chi connectivity index (χ0n) is 19.2. The quantitative estimate of drug-likeness (QED) is 0.378. The Balaban J connectivity index is 1.81. The third-order valence-corrected chi connectivity index (χ3v) is 5.43. The van der Waals surface area contributed by atoms with E-state index in [1.165, 1.54) is 0 Å². The highest BCUT2D eigenvalue weighted by molar-refractivity contribution is 5.97. The molecule has 6 nitrogen and oxygen atoms in total. The van der Waals surface area contributed by atoms with Gasteiger partial charge in [-0.2, -0.15) is 0 Å². The number of aromatic nitrogens is 3. The Morgan fingerprint density at radius 3 is 2.53 bits per heavy atom. The first kappa shape index (κ1) is 21.6. The fourth-order valence-electron chi connectivity index (χ4n) is 3.73. The first-order chi connectivity index (χ1) is 15.2. The average molecular weight is 428 g/mol. The number of carbonyl (C=O) groups excluding carboxylic acids is 1. The maximum Gasteiger partial charge on any atom is 0.229 e. The van der Waals surface area contributed by atoms with Crippen molar-refractivity contribution in [3.05, 3.63) is 83.4 Å². The van der Waals surface area contributed by atoms with E-state index in [1.807, 2.05) is 82.3 Å². The van der Waals surface area contributed by atoms with Gasteiger partial charge >= 0.3 is 0 Å². The molecule has 0 bridgehead atoms. The maximum atomic E-state index is 12.5. The summed E-state index contributed by atoms with van der Waals surface area (Å²) in [6.07, 6.45) is 1.80. The van der Waals surface area contributed by atoms with Crippen LogP contribution in [0.25, 0.3) is 10.9 Å². The summed E-state index contributed by atoms with van der Waals surface area (Å²) in [5, 5.41) is 7.65. The van der Waals surface area contributed by atoms with Crippen LogP contribution in [0.15, 0.2) is 60.8 Å². The molecule has 4 rings (SSSR count). The van der Waals surface area contributed by atoms with Gasteiger partial charge in [-0.05, 0) is 56.3 Å². The molecular formula is C26H29N5O. The number of anilines is 2. The Kier molecular flexibility index (Phi) is 5.70. The van der Waals surface area contributed by atoms with Gasteiger partial charge in [0.25, 0.3) is 0 Å². The Hall–Kier alpha value is -3.67. The Labute approximate surface area is 188 Å². The number of carbonyl (C=O) groups is 1. The minimum absolute atomic E-state index is 0.0194. The monoisotopic (exact) mass is 427 g/mol. The first-order valence-corrected chi connectivity index (χ1v) is 10.8. The Morgan fingerprint density at radius 1 is 1.03 bits per heavy atom. The van der Waals surface area contributed by atoms with Crippen LogP contribution < -0.4 is 10.6 Å². The number of aromatic amines is 1. The van der Waals surface area contributed by atoms with E-state index in [0.717, 1.165) is 45.1 Å². The molecule has 1 atom stereocenters. The summed E-state index contributed by atoms with van der Waals surface area (Å²) < 4.78 is 0. The van der Waals surface area contributed by atoms with Crippen molar-refractivity contribution in [2.24, 2.45) is 5.41 Å². The zero-order chi connectivity index (χ0) is 22.9. The van der Waals surface area contributed by atoms with Crippen LogP contribution in [0.2, 0.25) is 0 Å². The summed E-state index contributed by atoms with van der Waals surface area (Å²) in [6, 6.07) is 17.6. The van der Waals surface area contributed by atoms with Gasteiger partial charge in [-0.15, -0.1) is 0 Å². The van der Waals surface area contributed by atoms with E-state index in [0.29, 0.717) is 0 Å². The number of benzene rings is 1. The predicted molar refractivity (Wildman–Crippen MR) is 130 cm³/mol. The van der Waals surface area contributed by atoms with Crippen LogP contribution >= 0.6 is 0 Å². The highest BCUT2D eigenvalue weighted by Gasteiger charge is 2.24. The second-order valence-corrected chi connectivity index (χ2v) is 9.12. The number of nitrogens with one attached hydrogen (secondary N) is 3. The molecule has 3 N–H and O–H groups in total. The summed E-state index contributed by atoms with van der Waals surface area (Å²) in [5.74, 6) is 0.764. The topological polar surface area (TPSA) is 82.7 Å². The molecule has 164 valence electrons. The van der Waals surface area contributed by atoms with Crippen molar-refractivity contribution in [2.75, 3.05) is 10.6 Å². The molecule has 0 saturated heterocycles. The van der Waals surface area contributed by atoms with Crippen molar-refractivity contribution in [2.45, 2.75) is 40.7 Å². The third-order valence-electron chi connectivity index (χ3n) is 5.43. The van der Waals surface area contributed by atoms with E-state index >= 15 is 0 Å². The average Bonchev–Trinajstić information content (AvgIpc) is 3.07. The van der Waals surface area contributed by atoms with E-state index < -0.39 is 5.41 Å². The summed E-state index contributed by atoms with van der Waals surface area (Å²) >= 11 is 0. The zero-order valence-corrected chi connectivity index (χ0v) is 19.2. The fraction of sp³-hybridized carbons (Fsp3) is 0.269. The number of aryl methyl sites for hydroxylation is 2. The van der Waals surface area contributed by atoms with Crippen molar-refractivity contribution in [3.8, 4) is 0 Å². The van der Waals surface area contributed by atoms with E-state index in [4.69, 9.17) is 0 Å². The standard InChI is InChI=1S/C26H29N5O/c1-16-9-8-11-22(28-16)31-24(21-10-6-7-14-27-21)23-17(2)29-20-13-12-18(15-19(20)23)30-25(32)26(3,4)5/h6-15,24,29H,1-5H3,(H,28,31)(H,30,32)/t24-/m1/s1. The lowest BCUT2D eigenvalue weighted by molar-refractivity contribution is -0.123. The summed E-state index contributed by atoms with van der Waals surface area (Å²) in [7, 11) is 0. The molecule has 0 radical (unpaired) electrons. The second-order valence-electron chi connectivity index (χ2n) is 9.12. The second kappa shape index (κ2) is 8.46. The van der Waals surface area contributed by atoms with E-state index in [1.54, 1.807) is 6.20 Å². The van der Waals surface area contributed by atoms with Crippen LogP contribution in [0, 0.1) is 19.3 Å². The normalized spacial score (nSPS) is 12.5. The van der Waals surface area contributed by atoms with Gasteiger partial charge in [0.2, 0.25) is 5.91 Å². The first-order valence-electron chi connectivity index (χ1n) is 10.8. The van der Waals surface area contributed by atoms with Gasteiger partial charge in [0.1, 0.15) is 5.82 Å². The fourth-order valence-corrected chi connectivity index (χ4v) is 3.73. The van der Waals surface area contributed by atoms with Gasteiger partial charge in [0, 0.05) is 45.2 Å². The summed E-state index contributed by atoms with van der Waals surface area (Å²) in [5.41, 5.74) is 5.25. The molecule has 0 unspecified atom stereocenters. The molecule has 0 saturated carbocycles. The molecule has 3 aromatic heterocycles. The number of H-pyrrole nitrogens is 1. The largest absolute Gasteiger partial charge is 0.358 e. The van der Waals surface area contributed by atoms with Crippen molar-refractivity contribution < 1.29 is 4.79 Å². The molecule has 0 aliphatic heterocycles. The number of pyridine rings is 2. The molecule has 0 fully saturated rings. The van der Waals surface area contributed by atoms with Gasteiger partial charge < -0.3 is 15.6 Å². The third kappa shape index (κ3) is 4.49. The highest BCUT2D eigenvalue weighted by Crippen LogP contribution is 2.35. The van der Waals surface area contributed by atoms with Crippen LogP contribution in [0.3, 0.4) is 0 Å². The van der Waals surface area contributed by atoms with Crippen molar-refractivity contribution in [3.63, 3.8) is 0 Å². The van der Waals surface area contributed by atoms with Crippen LogP contribution in [-0.2, 0) is 4.79 Å². The summed E-state index contributed by atoms with van der Waals surface area (Å²) in [6.45, 7) is 9.75. The number of hydrogen-bond acceptors (Lipinski definition) is 4. The van der Waals surface area contributed by atoms with Crippen LogP contribution in [-0.4, -0.2) is 20.9 Å². The number of hydrogen-bond donors (Lipinski definition) is 3. The molecule has 3 heterocycles. The molecule has 0 aliphatic carbocycles. The lowest BCUT2D eigenvalue weighted by Crippen LogP contribution is -2.27. The highest BCUT2D eigenvalue weighted by atomic mass is 16.2. The number of amides is 1. The van der Waals surface area contributed by atoms with Crippen LogP contribution in [0.5, 0.6) is 0 Å². The van der Waals surface area contributed by atoms with E-state index in [-0.39, 0.29) is 11.9 Å². The predicted octanol–water partition coefficient (Wildman–Crippen LogP) is 5.76. The van der Waals surface area contributed by atoms with Gasteiger partial charge in [0.05, 0.1) is 11.7 Å². The minimum Gasteiger partial charge on any atom is -0.358 e. The van der Waals surface area contributed by atoms with Crippen LogP contribution in [0.1, 0.15) is 49.5 Å². The molecule has 1 aromatic carbocycles. The number of fused-ring (bicyclic) bond motifs is 1. The smallest absolute Gasteiger partial charge is 0.229 e. The molecular weight excluding hydrogens is 398 g/mol. The maximum absolute atomic E-state index is 12.5. The SMILES string of the molecule is Cc1cccc(N[C@H](c2ccccn2)c2c(C)[nH]c3ccc(NC(=O)C(C)(C)C)cc23)n1. The molecule has 32 heavy (non-hydrogen) atoms. The Morgan fingerprint density at radius 2 is 1.84 bits per heavy atom. The lowest BCUT2D eigenvalue weighted by atomic mass is 9.95. The van der Waals surface area contributed by atoms with Gasteiger partial charge in [0.15, 0.2) is 0 Å². The minimum atomic E-state index is -0.471. The van der Waals surface area contributed by atoms with Gasteiger partial charge in [-0.3, -0.25) is 9.78 Å². The summed E-state index contributed by atoms with van der Waals surface area (Å²) in [4.78, 5) is 25.3. The molecule has 1 amide bonds. The number of nitrogens with zero attached hydrogens (tertiary/aromatic N) is 2. The van der Waals surface area contributed by atoms with Gasteiger partial charge in [-0.25, -0.2) is 4.98 Å². The Bertz CT molecular complexity index is 1250. The molecule has 0 spiro atoms. The van der Waals surface area contributed by atoms with Crippen molar-refractivity contribution in [1.29, 1.82) is 0 Å². The van der Waals surface area contributed by atoms with E-state index in [2.05, 4.69) is 32.5 Å². The van der Waals surface area contributed by atoms with E-state index in [9.17, 15) is 4.79 Å². The molecule has 0 aliphatic rings. The lowest BCUT2D eigenvalue weighted by Gasteiger charge is -2.21. The molecule has 6 heteroatoms. The van der Waals surface area contributed by atoms with Gasteiger partial charge in [-0.1, -0.05) is 32.9 Å². The number of rotatable bonds is 5.